The first-order valence-electron chi connectivity index (χ1n) is 16.1. The van der Waals surface area contributed by atoms with Gasteiger partial charge in [0.15, 0.2) is 0 Å². The summed E-state index contributed by atoms with van der Waals surface area (Å²) in [6.07, 6.45) is 7.78. The number of halogens is 1. The Kier molecular flexibility index (Phi) is 9.27. The fourth-order valence-corrected chi connectivity index (χ4v) is 6.93. The zero-order valence-corrected chi connectivity index (χ0v) is 27.4. The molecule has 0 aliphatic carbocycles. The van der Waals surface area contributed by atoms with E-state index in [-0.39, 0.29) is 17.6 Å². The molecule has 0 unspecified atom stereocenters. The highest BCUT2D eigenvalue weighted by atomic mass is 35.5. The van der Waals surface area contributed by atoms with Crippen LogP contribution in [0.15, 0.2) is 54.9 Å². The molecule has 6 rings (SSSR count). The van der Waals surface area contributed by atoms with Gasteiger partial charge in [-0.3, -0.25) is 9.88 Å². The molecule has 45 heavy (non-hydrogen) atoms. The van der Waals surface area contributed by atoms with Crippen molar-refractivity contribution in [2.24, 2.45) is 5.92 Å². The van der Waals surface area contributed by atoms with Gasteiger partial charge in [-0.05, 0) is 77.0 Å². The smallest absolute Gasteiger partial charge is 0.109 e. The van der Waals surface area contributed by atoms with Crippen LogP contribution in [0.1, 0.15) is 82.3 Å². The Bertz CT molecular complexity index is 1650. The van der Waals surface area contributed by atoms with Crippen LogP contribution in [0.5, 0.6) is 0 Å². The third-order valence-corrected chi connectivity index (χ3v) is 9.66. The van der Waals surface area contributed by atoms with Gasteiger partial charge in [0.2, 0.25) is 0 Å². The van der Waals surface area contributed by atoms with Crippen LogP contribution in [0.4, 0.5) is 11.4 Å². The third-order valence-electron chi connectivity index (χ3n) is 9.45. The number of nitriles is 1. The minimum atomic E-state index is -0.286. The zero-order valence-electron chi connectivity index (χ0n) is 26.6. The van der Waals surface area contributed by atoms with Crippen molar-refractivity contribution < 1.29 is 4.74 Å². The molecular weight excluding hydrogens is 584 g/mol. The lowest BCUT2D eigenvalue weighted by Crippen LogP contribution is -2.46. The maximum Gasteiger partial charge on any atom is 0.109 e. The van der Waals surface area contributed by atoms with E-state index in [2.05, 4.69) is 77.9 Å². The highest BCUT2D eigenvalue weighted by molar-refractivity contribution is 6.32. The van der Waals surface area contributed by atoms with E-state index in [9.17, 15) is 5.26 Å². The summed E-state index contributed by atoms with van der Waals surface area (Å²) in [6.45, 7) is 12.6. The molecule has 10 heteroatoms. The fourth-order valence-electron chi connectivity index (χ4n) is 6.71. The van der Waals surface area contributed by atoms with Gasteiger partial charge in [0, 0.05) is 54.5 Å². The lowest BCUT2D eigenvalue weighted by Gasteiger charge is -2.40. The van der Waals surface area contributed by atoms with Crippen molar-refractivity contribution in [1.82, 2.24) is 24.9 Å². The maximum absolute atomic E-state index is 10.0. The summed E-state index contributed by atoms with van der Waals surface area (Å²) >= 11 is 6.77. The number of likely N-dealkylation sites (tertiary alicyclic amines) is 1. The third kappa shape index (κ3) is 6.94. The SMILES string of the molecule is C[C@@H](Nc1c(C#N)cnc2c(N[C@@H](c3ccccc3)c3cn(C4CCN(C(C)(C)C)CC4)nn3)cc(Cl)cc12)C1CCOCC1. The van der Waals surface area contributed by atoms with Gasteiger partial charge in [0.1, 0.15) is 11.8 Å². The van der Waals surface area contributed by atoms with Gasteiger partial charge in [-0.1, -0.05) is 47.1 Å². The van der Waals surface area contributed by atoms with E-state index in [0.29, 0.717) is 22.5 Å². The molecule has 2 atom stereocenters. The Balaban J connectivity index is 1.33. The molecule has 2 aliphatic heterocycles. The Morgan fingerprint density at radius 3 is 2.47 bits per heavy atom. The topological polar surface area (TPSA) is 104 Å². The van der Waals surface area contributed by atoms with Gasteiger partial charge in [0.25, 0.3) is 0 Å². The first kappa shape index (κ1) is 31.3. The minimum Gasteiger partial charge on any atom is -0.381 e. The molecule has 0 spiro atoms. The van der Waals surface area contributed by atoms with Crippen molar-refractivity contribution in [3.8, 4) is 6.07 Å². The molecule has 236 valence electrons. The van der Waals surface area contributed by atoms with E-state index >= 15 is 0 Å². The summed E-state index contributed by atoms with van der Waals surface area (Å²) in [5.41, 5.74) is 4.81. The number of ether oxygens (including phenoxy) is 1. The van der Waals surface area contributed by atoms with Crippen molar-refractivity contribution in [2.75, 3.05) is 36.9 Å². The molecule has 2 fully saturated rings. The molecule has 0 saturated carbocycles. The molecule has 2 N–H and O–H groups in total. The normalized spacial score (nSPS) is 18.4. The summed E-state index contributed by atoms with van der Waals surface area (Å²) in [6, 6.07) is 16.6. The van der Waals surface area contributed by atoms with Gasteiger partial charge >= 0.3 is 0 Å². The first-order chi connectivity index (χ1) is 21.7. The van der Waals surface area contributed by atoms with Gasteiger partial charge in [-0.15, -0.1) is 5.10 Å². The molecule has 0 bridgehead atoms. The molecule has 4 aromatic rings. The number of anilines is 2. The summed E-state index contributed by atoms with van der Waals surface area (Å²) in [7, 11) is 0. The van der Waals surface area contributed by atoms with Crippen molar-refractivity contribution >= 4 is 33.9 Å². The lowest BCUT2D eigenvalue weighted by molar-refractivity contribution is 0.0622. The van der Waals surface area contributed by atoms with Crippen LogP contribution < -0.4 is 10.6 Å². The van der Waals surface area contributed by atoms with Crippen molar-refractivity contribution in [3.63, 3.8) is 0 Å². The molecular formula is C35H43ClN8O. The first-order valence-corrected chi connectivity index (χ1v) is 16.4. The molecule has 2 aromatic carbocycles. The molecule has 2 aliphatic rings. The average Bonchev–Trinajstić information content (AvgIpc) is 3.54. The number of aromatic nitrogens is 4. The Hall–Kier alpha value is -3.71. The Labute approximate surface area is 270 Å². The molecule has 9 nitrogen and oxygen atoms in total. The number of nitrogens with one attached hydrogen (secondary N) is 2. The molecule has 2 saturated heterocycles. The van der Waals surface area contributed by atoms with E-state index < -0.39 is 0 Å². The van der Waals surface area contributed by atoms with E-state index in [1.165, 1.54) is 0 Å². The number of nitrogens with zero attached hydrogens (tertiary/aromatic N) is 6. The molecule has 2 aromatic heterocycles. The zero-order chi connectivity index (χ0) is 31.6. The number of hydrogen-bond acceptors (Lipinski definition) is 8. The summed E-state index contributed by atoms with van der Waals surface area (Å²) < 4.78 is 7.62. The van der Waals surface area contributed by atoms with Gasteiger partial charge < -0.3 is 15.4 Å². The van der Waals surface area contributed by atoms with Gasteiger partial charge in [-0.25, -0.2) is 4.68 Å². The molecule has 0 amide bonds. The monoisotopic (exact) mass is 626 g/mol. The number of pyridine rings is 1. The lowest BCUT2D eigenvalue weighted by atomic mass is 9.92. The number of rotatable bonds is 8. The van der Waals surface area contributed by atoms with Crippen LogP contribution in [0.25, 0.3) is 10.9 Å². The van der Waals surface area contributed by atoms with Crippen LogP contribution in [-0.4, -0.2) is 62.8 Å². The molecule has 0 radical (unpaired) electrons. The number of hydrogen-bond donors (Lipinski definition) is 2. The summed E-state index contributed by atoms with van der Waals surface area (Å²) in [4.78, 5) is 7.31. The van der Waals surface area contributed by atoms with Gasteiger partial charge in [-0.2, -0.15) is 5.26 Å². The van der Waals surface area contributed by atoms with E-state index in [4.69, 9.17) is 21.3 Å². The van der Waals surface area contributed by atoms with Gasteiger partial charge in [0.05, 0.1) is 40.7 Å². The number of benzene rings is 2. The van der Waals surface area contributed by atoms with Crippen LogP contribution in [0.3, 0.4) is 0 Å². The second-order valence-electron chi connectivity index (χ2n) is 13.4. The minimum absolute atomic E-state index is 0.157. The van der Waals surface area contributed by atoms with Crippen molar-refractivity contribution in [2.45, 2.75) is 77.0 Å². The van der Waals surface area contributed by atoms with Crippen LogP contribution in [-0.2, 0) is 4.74 Å². The standard InChI is InChI=1S/C35H43ClN8O/c1-23(24-12-16-45-17-13-24)39-32-26(20-37)21-38-34-29(32)18-27(36)19-30(34)40-33(25-8-6-5-7-9-25)31-22-44(42-41-31)28-10-14-43(15-11-28)35(2,3)4/h5-9,18-19,21-24,28,33,40H,10-17H2,1-4H3,(H,38,39)/t23-,33+/m1/s1. The highest BCUT2D eigenvalue weighted by Crippen LogP contribution is 2.37. The average molecular weight is 627 g/mol. The van der Waals surface area contributed by atoms with Crippen LogP contribution in [0.2, 0.25) is 5.02 Å². The summed E-state index contributed by atoms with van der Waals surface area (Å²) in [5, 5.41) is 28.1. The predicted octanol–water partition coefficient (Wildman–Crippen LogP) is 7.22. The fraction of sp³-hybridized carbons (Fsp3) is 0.486. The second-order valence-corrected chi connectivity index (χ2v) is 13.8. The maximum atomic E-state index is 10.0. The Morgan fingerprint density at radius 2 is 1.78 bits per heavy atom. The second kappa shape index (κ2) is 13.3. The number of fused-ring (bicyclic) bond motifs is 1. The quantitative estimate of drug-likeness (QED) is 0.211. The van der Waals surface area contributed by atoms with E-state index in [1.807, 2.05) is 35.0 Å². The van der Waals surface area contributed by atoms with E-state index in [1.54, 1.807) is 6.20 Å². The van der Waals surface area contributed by atoms with Crippen LogP contribution in [0, 0.1) is 17.2 Å². The Morgan fingerprint density at radius 1 is 1.04 bits per heavy atom. The summed E-state index contributed by atoms with van der Waals surface area (Å²) in [5.74, 6) is 0.455. The predicted molar refractivity (Wildman–Crippen MR) is 180 cm³/mol. The largest absolute Gasteiger partial charge is 0.381 e. The highest BCUT2D eigenvalue weighted by Gasteiger charge is 2.29. The number of piperidine rings is 1. The van der Waals surface area contributed by atoms with E-state index in [0.717, 1.165) is 85.5 Å². The van der Waals surface area contributed by atoms with Crippen molar-refractivity contribution in [3.05, 3.63) is 76.7 Å². The van der Waals surface area contributed by atoms with Crippen LogP contribution >= 0.6 is 11.6 Å². The van der Waals surface area contributed by atoms with Crippen molar-refractivity contribution in [1.29, 1.82) is 5.26 Å². The molecule has 4 heterocycles.